The maximum atomic E-state index is 13.5. The monoisotopic (exact) mass is 493 g/mol. The summed E-state index contributed by atoms with van der Waals surface area (Å²) >= 11 is 9.24. The van der Waals surface area contributed by atoms with E-state index in [1.54, 1.807) is 4.90 Å². The zero-order chi connectivity index (χ0) is 21.8. The van der Waals surface area contributed by atoms with E-state index in [4.69, 9.17) is 11.6 Å². The lowest BCUT2D eigenvalue weighted by atomic mass is 10.2. The minimum Gasteiger partial charge on any atom is -0.328 e. The van der Waals surface area contributed by atoms with Crippen LogP contribution < -0.4 is 0 Å². The van der Waals surface area contributed by atoms with E-state index in [0.717, 1.165) is 10.4 Å². The summed E-state index contributed by atoms with van der Waals surface area (Å²) in [5, 5.41) is 2.54. The van der Waals surface area contributed by atoms with Gasteiger partial charge in [0, 0.05) is 16.7 Å². The van der Waals surface area contributed by atoms with Gasteiger partial charge in [0.1, 0.15) is 0 Å². The molecule has 1 saturated heterocycles. The van der Waals surface area contributed by atoms with Crippen molar-refractivity contribution in [1.29, 1.82) is 0 Å². The van der Waals surface area contributed by atoms with Gasteiger partial charge in [0.25, 0.3) is 5.91 Å². The fraction of sp³-hybridized carbons (Fsp3) is 0.286. The number of benzene rings is 1. The Morgan fingerprint density at radius 3 is 2.71 bits per heavy atom. The smallest absolute Gasteiger partial charge is 0.274 e. The number of carbonyl (C=O) groups excluding carboxylic acids is 1. The lowest BCUT2D eigenvalue weighted by Crippen LogP contribution is -2.41. The first kappa shape index (κ1) is 22.3. The normalized spacial score (nSPS) is 17.5. The third-order valence-electron chi connectivity index (χ3n) is 4.95. The number of carbonyl (C=O) groups is 1. The Bertz CT molecular complexity index is 1160. The highest BCUT2D eigenvalue weighted by molar-refractivity contribution is 7.98. The maximum absolute atomic E-state index is 13.5. The van der Waals surface area contributed by atoms with Gasteiger partial charge in [-0.3, -0.25) is 4.79 Å². The Balaban J connectivity index is 1.58. The summed E-state index contributed by atoms with van der Waals surface area (Å²) < 4.78 is 24.1. The van der Waals surface area contributed by atoms with Crippen LogP contribution in [0.5, 0.6) is 0 Å². The van der Waals surface area contributed by atoms with Gasteiger partial charge in [0.15, 0.2) is 20.7 Å². The lowest BCUT2D eigenvalue weighted by molar-refractivity contribution is 0.0676. The van der Waals surface area contributed by atoms with Crippen LogP contribution in [0.1, 0.15) is 27.3 Å². The summed E-state index contributed by atoms with van der Waals surface area (Å²) in [6, 6.07) is 13.3. The van der Waals surface area contributed by atoms with Gasteiger partial charge in [-0.1, -0.05) is 59.8 Å². The van der Waals surface area contributed by atoms with Crippen LogP contribution in [0.4, 0.5) is 0 Å². The number of sulfone groups is 1. The highest BCUT2D eigenvalue weighted by Crippen LogP contribution is 2.27. The molecule has 3 aromatic rings. The van der Waals surface area contributed by atoms with Crippen molar-refractivity contribution in [3.63, 3.8) is 0 Å². The summed E-state index contributed by atoms with van der Waals surface area (Å²) in [6.07, 6.45) is 1.85. The fourth-order valence-electron chi connectivity index (χ4n) is 3.39. The number of aromatic nitrogens is 2. The molecule has 0 bridgehead atoms. The Hall–Kier alpha value is -1.94. The molecule has 1 aliphatic heterocycles. The van der Waals surface area contributed by atoms with Gasteiger partial charge >= 0.3 is 0 Å². The van der Waals surface area contributed by atoms with Crippen LogP contribution in [0.25, 0.3) is 0 Å². The molecule has 0 unspecified atom stereocenters. The van der Waals surface area contributed by atoms with E-state index < -0.39 is 15.9 Å². The average Bonchev–Trinajstić information content (AvgIpc) is 3.40. The van der Waals surface area contributed by atoms with Gasteiger partial charge in [-0.2, -0.15) is 0 Å². The highest BCUT2D eigenvalue weighted by Gasteiger charge is 2.36. The van der Waals surface area contributed by atoms with Crippen LogP contribution in [-0.4, -0.2) is 46.7 Å². The van der Waals surface area contributed by atoms with Crippen molar-refractivity contribution >= 4 is 50.4 Å². The number of hydrogen-bond acceptors (Lipinski definition) is 7. The summed E-state index contributed by atoms with van der Waals surface area (Å²) in [7, 11) is -3.15. The zero-order valence-electron chi connectivity index (χ0n) is 16.5. The predicted molar refractivity (Wildman–Crippen MR) is 124 cm³/mol. The number of amides is 1. The van der Waals surface area contributed by atoms with Crippen molar-refractivity contribution in [2.24, 2.45) is 0 Å². The van der Waals surface area contributed by atoms with Crippen LogP contribution in [-0.2, 0) is 22.1 Å². The van der Waals surface area contributed by atoms with Gasteiger partial charge < -0.3 is 4.90 Å². The predicted octanol–water partition coefficient (Wildman–Crippen LogP) is 4.31. The van der Waals surface area contributed by atoms with Crippen LogP contribution in [0.2, 0.25) is 5.02 Å². The molecular formula is C21H20ClN3O3S3. The molecule has 0 spiro atoms. The molecule has 10 heteroatoms. The lowest BCUT2D eigenvalue weighted by Gasteiger charge is -2.28. The van der Waals surface area contributed by atoms with Gasteiger partial charge in [-0.05, 0) is 23.4 Å². The summed E-state index contributed by atoms with van der Waals surface area (Å²) in [5.41, 5.74) is 1.22. The topological polar surface area (TPSA) is 80.2 Å². The van der Waals surface area contributed by atoms with Crippen molar-refractivity contribution in [2.75, 3.05) is 11.5 Å². The molecule has 1 amide bonds. The van der Waals surface area contributed by atoms with Crippen molar-refractivity contribution in [3.05, 3.63) is 75.2 Å². The number of hydrogen-bond donors (Lipinski definition) is 0. The molecule has 2 aromatic heterocycles. The van der Waals surface area contributed by atoms with Crippen molar-refractivity contribution in [2.45, 2.75) is 29.9 Å². The van der Waals surface area contributed by atoms with E-state index in [9.17, 15) is 13.2 Å². The fourth-order valence-corrected chi connectivity index (χ4v) is 6.76. The first-order valence-corrected chi connectivity index (χ1v) is 13.7. The third-order valence-corrected chi connectivity index (χ3v) is 8.77. The van der Waals surface area contributed by atoms with Crippen molar-refractivity contribution < 1.29 is 13.2 Å². The van der Waals surface area contributed by atoms with E-state index in [2.05, 4.69) is 9.97 Å². The van der Waals surface area contributed by atoms with Crippen LogP contribution >= 0.6 is 34.7 Å². The number of thiophene rings is 1. The van der Waals surface area contributed by atoms with Crippen molar-refractivity contribution in [1.82, 2.24) is 14.9 Å². The van der Waals surface area contributed by atoms with Crippen LogP contribution in [0.15, 0.2) is 59.2 Å². The quantitative estimate of drug-likeness (QED) is 0.360. The maximum Gasteiger partial charge on any atom is 0.274 e. The van der Waals surface area contributed by atoms with E-state index in [1.165, 1.54) is 29.3 Å². The van der Waals surface area contributed by atoms with Gasteiger partial charge in [-0.15, -0.1) is 11.3 Å². The second-order valence-electron chi connectivity index (χ2n) is 7.19. The SMILES string of the molecule is O=C(c1nc(SCc2ccccc2)ncc1Cl)N(Cc1cccs1)[C@H]1CCS(=O)(=O)C1. The summed E-state index contributed by atoms with van der Waals surface area (Å²) in [5.74, 6) is 0.337. The molecule has 1 atom stereocenters. The standard InChI is InChI=1S/C21H20ClN3O3S3/c22-18-11-23-21(30-13-15-5-2-1-3-6-15)24-19(18)20(26)25(12-17-7-4-9-29-17)16-8-10-31(27,28)14-16/h1-7,9,11,16H,8,10,12-14H2/t16-/m0/s1. The average molecular weight is 494 g/mol. The van der Waals surface area contributed by atoms with Gasteiger partial charge in [0.05, 0.1) is 29.3 Å². The highest BCUT2D eigenvalue weighted by atomic mass is 35.5. The Morgan fingerprint density at radius 2 is 2.03 bits per heavy atom. The van der Waals surface area contributed by atoms with E-state index in [0.29, 0.717) is 23.9 Å². The second-order valence-corrected chi connectivity index (χ2v) is 11.8. The molecule has 4 rings (SSSR count). The number of rotatable bonds is 7. The molecule has 0 aliphatic carbocycles. The van der Waals surface area contributed by atoms with Crippen molar-refractivity contribution in [3.8, 4) is 0 Å². The molecular weight excluding hydrogens is 474 g/mol. The minimum atomic E-state index is -3.15. The number of halogens is 1. The molecule has 0 saturated carbocycles. The van der Waals surface area contributed by atoms with Crippen LogP contribution in [0.3, 0.4) is 0 Å². The molecule has 31 heavy (non-hydrogen) atoms. The molecule has 6 nitrogen and oxygen atoms in total. The van der Waals surface area contributed by atoms with Crippen LogP contribution in [0, 0.1) is 0 Å². The largest absolute Gasteiger partial charge is 0.328 e. The summed E-state index contributed by atoms with van der Waals surface area (Å²) in [4.78, 5) is 24.7. The first-order chi connectivity index (χ1) is 14.9. The minimum absolute atomic E-state index is 0.0393. The molecule has 162 valence electrons. The molecule has 1 aliphatic rings. The number of nitrogens with zero attached hydrogens (tertiary/aromatic N) is 3. The Kier molecular flexibility index (Phi) is 6.95. The van der Waals surface area contributed by atoms with Gasteiger partial charge in [-0.25, -0.2) is 18.4 Å². The summed E-state index contributed by atoms with van der Waals surface area (Å²) in [6.45, 7) is 0.323. The van der Waals surface area contributed by atoms with E-state index >= 15 is 0 Å². The molecule has 1 fully saturated rings. The number of thioether (sulfide) groups is 1. The van der Waals surface area contributed by atoms with E-state index in [-0.39, 0.29) is 28.1 Å². The zero-order valence-corrected chi connectivity index (χ0v) is 19.7. The third kappa shape index (κ3) is 5.65. The van der Waals surface area contributed by atoms with E-state index in [1.807, 2.05) is 47.8 Å². The Labute approximate surface area is 194 Å². The second kappa shape index (κ2) is 9.68. The molecule has 1 aromatic carbocycles. The molecule has 0 N–H and O–H groups in total. The first-order valence-electron chi connectivity index (χ1n) is 9.64. The van der Waals surface area contributed by atoms with Gasteiger partial charge in [0.2, 0.25) is 0 Å². The Morgan fingerprint density at radius 1 is 1.23 bits per heavy atom. The molecule has 3 heterocycles. The molecule has 0 radical (unpaired) electrons.